The lowest BCUT2D eigenvalue weighted by atomic mass is 10.1. The Kier molecular flexibility index (Phi) is 5.87. The summed E-state index contributed by atoms with van der Waals surface area (Å²) in [5.41, 5.74) is 1.10. The molecule has 28 heavy (non-hydrogen) atoms. The number of rotatable bonds is 4. The van der Waals surface area contributed by atoms with Gasteiger partial charge in [0, 0.05) is 32.3 Å². The number of hydrogen-bond acceptors (Lipinski definition) is 4. The van der Waals surface area contributed by atoms with Gasteiger partial charge in [-0.05, 0) is 29.8 Å². The number of amides is 1. The average molecular weight is 399 g/mol. The van der Waals surface area contributed by atoms with Crippen molar-refractivity contribution in [2.24, 2.45) is 0 Å². The van der Waals surface area contributed by atoms with Crippen molar-refractivity contribution in [1.82, 2.24) is 9.21 Å². The summed E-state index contributed by atoms with van der Waals surface area (Å²) in [7, 11) is -3.94. The second kappa shape index (κ2) is 8.33. The highest BCUT2D eigenvalue weighted by molar-refractivity contribution is 7.89. The van der Waals surface area contributed by atoms with Crippen molar-refractivity contribution in [3.63, 3.8) is 0 Å². The number of carbonyl (C=O) groups is 1. The van der Waals surface area contributed by atoms with Gasteiger partial charge in [0.1, 0.15) is 10.7 Å². The van der Waals surface area contributed by atoms with E-state index in [0.717, 1.165) is 6.07 Å². The molecule has 1 aliphatic rings. The zero-order valence-electron chi connectivity index (χ0n) is 15.0. The van der Waals surface area contributed by atoms with E-state index in [2.05, 4.69) is 6.07 Å². The zero-order chi connectivity index (χ0) is 20.1. The van der Waals surface area contributed by atoms with E-state index in [-0.39, 0.29) is 37.0 Å². The third-order valence-corrected chi connectivity index (χ3v) is 6.42. The van der Waals surface area contributed by atoms with Crippen molar-refractivity contribution in [2.45, 2.75) is 4.90 Å². The van der Waals surface area contributed by atoms with E-state index in [1.807, 2.05) is 0 Å². The predicted molar refractivity (Wildman–Crippen MR) is 102 cm³/mol. The van der Waals surface area contributed by atoms with Gasteiger partial charge in [-0.25, -0.2) is 12.8 Å². The number of halogens is 1. The molecule has 144 valence electrons. The number of piperazine rings is 1. The van der Waals surface area contributed by atoms with Crippen LogP contribution in [0.3, 0.4) is 0 Å². The number of benzene rings is 2. The molecule has 0 unspecified atom stereocenters. The van der Waals surface area contributed by atoms with E-state index >= 15 is 0 Å². The highest BCUT2D eigenvalue weighted by Crippen LogP contribution is 2.20. The van der Waals surface area contributed by atoms with Gasteiger partial charge in [-0.3, -0.25) is 4.79 Å². The first-order valence-corrected chi connectivity index (χ1v) is 10.1. The van der Waals surface area contributed by atoms with Crippen LogP contribution in [-0.4, -0.2) is 49.7 Å². The van der Waals surface area contributed by atoms with E-state index in [0.29, 0.717) is 11.1 Å². The smallest absolute Gasteiger partial charge is 0.246 e. The van der Waals surface area contributed by atoms with Crippen molar-refractivity contribution in [1.29, 1.82) is 5.26 Å². The van der Waals surface area contributed by atoms with Crippen LogP contribution < -0.4 is 0 Å². The van der Waals surface area contributed by atoms with Gasteiger partial charge in [0.15, 0.2) is 0 Å². The molecule has 1 amide bonds. The Hall–Kier alpha value is -3.02. The minimum atomic E-state index is -3.94. The lowest BCUT2D eigenvalue weighted by Gasteiger charge is -2.33. The third kappa shape index (κ3) is 4.11. The van der Waals surface area contributed by atoms with Gasteiger partial charge in [-0.2, -0.15) is 9.57 Å². The Morgan fingerprint density at radius 1 is 1.04 bits per heavy atom. The number of carbonyl (C=O) groups excluding carboxylic acids is 1. The first kappa shape index (κ1) is 19.7. The molecule has 0 spiro atoms. The Bertz CT molecular complexity index is 1050. The van der Waals surface area contributed by atoms with Gasteiger partial charge < -0.3 is 4.90 Å². The summed E-state index contributed by atoms with van der Waals surface area (Å²) in [4.78, 5) is 13.5. The fourth-order valence-corrected chi connectivity index (χ4v) is 4.44. The second-order valence-electron chi connectivity index (χ2n) is 6.19. The highest BCUT2D eigenvalue weighted by atomic mass is 32.2. The fourth-order valence-electron chi connectivity index (χ4n) is 2.95. The number of nitriles is 1. The normalized spacial score (nSPS) is 15.5. The molecule has 0 atom stereocenters. The predicted octanol–water partition coefficient (Wildman–Crippen LogP) is 2.24. The maximum atomic E-state index is 13.9. The zero-order valence-corrected chi connectivity index (χ0v) is 15.8. The fraction of sp³-hybridized carbons (Fsp3) is 0.200. The second-order valence-corrected chi connectivity index (χ2v) is 8.10. The average Bonchev–Trinajstić information content (AvgIpc) is 2.72. The van der Waals surface area contributed by atoms with Gasteiger partial charge in [-0.15, -0.1) is 0 Å². The molecule has 0 bridgehead atoms. The minimum Gasteiger partial charge on any atom is -0.337 e. The van der Waals surface area contributed by atoms with Gasteiger partial charge in [0.2, 0.25) is 15.9 Å². The molecule has 1 fully saturated rings. The highest BCUT2D eigenvalue weighted by Gasteiger charge is 2.31. The van der Waals surface area contributed by atoms with Crippen LogP contribution >= 0.6 is 0 Å². The monoisotopic (exact) mass is 399 g/mol. The van der Waals surface area contributed by atoms with Gasteiger partial charge in [-0.1, -0.05) is 30.3 Å². The van der Waals surface area contributed by atoms with Crippen LogP contribution in [0.25, 0.3) is 6.08 Å². The molecule has 1 aliphatic heterocycles. The summed E-state index contributed by atoms with van der Waals surface area (Å²) in [6.07, 6.45) is 2.94. The van der Waals surface area contributed by atoms with Crippen molar-refractivity contribution < 1.29 is 17.6 Å². The molecule has 2 aromatic rings. The van der Waals surface area contributed by atoms with Crippen LogP contribution in [0.5, 0.6) is 0 Å². The first-order valence-electron chi connectivity index (χ1n) is 8.64. The summed E-state index contributed by atoms with van der Waals surface area (Å²) in [5.74, 6) is -1.06. The maximum absolute atomic E-state index is 13.9. The summed E-state index contributed by atoms with van der Waals surface area (Å²) in [5, 5.41) is 9.08. The minimum absolute atomic E-state index is 0.0883. The lowest BCUT2D eigenvalue weighted by Crippen LogP contribution is -2.50. The van der Waals surface area contributed by atoms with E-state index in [1.54, 1.807) is 30.3 Å². The Morgan fingerprint density at radius 2 is 1.68 bits per heavy atom. The van der Waals surface area contributed by atoms with Crippen LogP contribution in [0.2, 0.25) is 0 Å². The summed E-state index contributed by atoms with van der Waals surface area (Å²) in [6, 6.07) is 14.2. The Morgan fingerprint density at radius 3 is 2.36 bits per heavy atom. The number of hydrogen-bond donors (Lipinski definition) is 0. The third-order valence-electron chi connectivity index (χ3n) is 4.49. The van der Waals surface area contributed by atoms with Gasteiger partial charge >= 0.3 is 0 Å². The number of nitrogens with zero attached hydrogens (tertiary/aromatic N) is 3. The number of sulfonamides is 1. The molecule has 0 aliphatic carbocycles. The topological polar surface area (TPSA) is 81.5 Å². The molecule has 8 heteroatoms. The van der Waals surface area contributed by atoms with Crippen LogP contribution in [0.1, 0.15) is 11.1 Å². The van der Waals surface area contributed by atoms with Gasteiger partial charge in [0.25, 0.3) is 0 Å². The van der Waals surface area contributed by atoms with Crippen molar-refractivity contribution in [3.05, 3.63) is 71.6 Å². The Balaban J connectivity index is 1.65. The van der Waals surface area contributed by atoms with Crippen molar-refractivity contribution in [2.75, 3.05) is 26.2 Å². The van der Waals surface area contributed by atoms with Crippen LogP contribution in [0, 0.1) is 17.1 Å². The lowest BCUT2D eigenvalue weighted by molar-refractivity contribution is -0.127. The van der Waals surface area contributed by atoms with E-state index in [1.165, 1.54) is 33.5 Å². The van der Waals surface area contributed by atoms with Crippen molar-refractivity contribution >= 4 is 22.0 Å². The SMILES string of the molecule is N#Cc1ccccc1/C=C/C(=O)N1CCN(S(=O)(=O)c2ccccc2F)CC1. The molecule has 0 saturated carbocycles. The van der Waals surface area contributed by atoms with Gasteiger partial charge in [0.05, 0.1) is 11.6 Å². The molecule has 0 radical (unpaired) electrons. The molecule has 1 saturated heterocycles. The summed E-state index contributed by atoms with van der Waals surface area (Å²) >= 11 is 0. The van der Waals surface area contributed by atoms with Crippen LogP contribution in [-0.2, 0) is 14.8 Å². The maximum Gasteiger partial charge on any atom is 0.246 e. The van der Waals surface area contributed by atoms with E-state index < -0.39 is 15.8 Å². The molecule has 1 heterocycles. The van der Waals surface area contributed by atoms with Crippen molar-refractivity contribution in [3.8, 4) is 6.07 Å². The summed E-state index contributed by atoms with van der Waals surface area (Å²) in [6.45, 7) is 0.587. The molecular weight excluding hydrogens is 381 g/mol. The molecule has 2 aromatic carbocycles. The summed E-state index contributed by atoms with van der Waals surface area (Å²) < 4.78 is 40.3. The first-order chi connectivity index (χ1) is 13.4. The molecule has 6 nitrogen and oxygen atoms in total. The quantitative estimate of drug-likeness (QED) is 0.739. The standard InChI is InChI=1S/C20H18FN3O3S/c21-18-7-3-4-8-19(18)28(26,27)24-13-11-23(12-14-24)20(25)10-9-16-5-1-2-6-17(16)15-22/h1-10H,11-14H2/b10-9+. The van der Waals surface area contributed by atoms with E-state index in [4.69, 9.17) is 5.26 Å². The van der Waals surface area contributed by atoms with E-state index in [9.17, 15) is 17.6 Å². The molecule has 3 rings (SSSR count). The van der Waals surface area contributed by atoms with Crippen LogP contribution in [0.15, 0.2) is 59.5 Å². The molecule has 0 aromatic heterocycles. The molecular formula is C20H18FN3O3S. The molecule has 0 N–H and O–H groups in total. The van der Waals surface area contributed by atoms with Crippen LogP contribution in [0.4, 0.5) is 4.39 Å². The Labute approximate surface area is 163 Å². The largest absolute Gasteiger partial charge is 0.337 e.